The molecule has 0 spiro atoms. The van der Waals surface area contributed by atoms with Crippen molar-refractivity contribution in [3.8, 4) is 5.69 Å². The summed E-state index contributed by atoms with van der Waals surface area (Å²) < 4.78 is 2.56. The lowest BCUT2D eigenvalue weighted by Gasteiger charge is -2.05. The molecule has 0 saturated heterocycles. The summed E-state index contributed by atoms with van der Waals surface area (Å²) in [5.74, 6) is 0.710. The fourth-order valence-electron chi connectivity index (χ4n) is 1.91. The van der Waals surface area contributed by atoms with Gasteiger partial charge in [-0.1, -0.05) is 35.2 Å². The van der Waals surface area contributed by atoms with Crippen LogP contribution < -0.4 is 5.32 Å². The fourth-order valence-corrected chi connectivity index (χ4v) is 3.55. The fraction of sp³-hybridized carbons (Fsp3) is 0.214. The number of benzene rings is 1. The minimum absolute atomic E-state index is 0.212. The molecule has 0 aliphatic heterocycles. The Morgan fingerprint density at radius 1 is 1.30 bits per heavy atom. The first-order valence-corrected chi connectivity index (χ1v) is 8.73. The Morgan fingerprint density at radius 2 is 2.09 bits per heavy atom. The van der Waals surface area contributed by atoms with Crippen LogP contribution in [0.25, 0.3) is 5.69 Å². The lowest BCUT2D eigenvalue weighted by Crippen LogP contribution is -2.12. The number of nitrogens with zero attached hydrogens (tertiary/aromatic N) is 5. The zero-order valence-corrected chi connectivity index (χ0v) is 14.2. The first-order valence-electron chi connectivity index (χ1n) is 6.92. The molecule has 0 bridgehead atoms. The molecule has 0 unspecified atom stereocenters. The average molecular weight is 346 g/mol. The van der Waals surface area contributed by atoms with E-state index < -0.39 is 0 Å². The zero-order valence-electron chi connectivity index (χ0n) is 12.6. The van der Waals surface area contributed by atoms with E-state index in [1.807, 2.05) is 26.0 Å². The molecule has 1 amide bonds. The van der Waals surface area contributed by atoms with Gasteiger partial charge in [-0.2, -0.15) is 0 Å². The van der Waals surface area contributed by atoms with E-state index in [2.05, 4.69) is 25.8 Å². The maximum absolute atomic E-state index is 12.2. The van der Waals surface area contributed by atoms with Crippen LogP contribution in [0.2, 0.25) is 0 Å². The summed E-state index contributed by atoms with van der Waals surface area (Å²) in [4.78, 5) is 12.2. The van der Waals surface area contributed by atoms with Crippen molar-refractivity contribution < 1.29 is 4.79 Å². The number of carbonyl (C=O) groups is 1. The maximum atomic E-state index is 12.2. The highest BCUT2D eigenvalue weighted by atomic mass is 32.2. The molecule has 0 radical (unpaired) electrons. The van der Waals surface area contributed by atoms with Crippen molar-refractivity contribution in [3.63, 3.8) is 0 Å². The van der Waals surface area contributed by atoms with Crippen molar-refractivity contribution in [3.05, 3.63) is 41.7 Å². The molecule has 0 fully saturated rings. The van der Waals surface area contributed by atoms with Gasteiger partial charge in [0.15, 0.2) is 4.34 Å². The number of hydrogen-bond donors (Lipinski definition) is 1. The molecule has 3 rings (SSSR count). The highest BCUT2D eigenvalue weighted by Gasteiger charge is 2.11. The second-order valence-corrected chi connectivity index (χ2v) is 7.08. The number of aromatic nitrogens is 5. The van der Waals surface area contributed by atoms with E-state index in [9.17, 15) is 4.79 Å². The molecule has 1 aromatic carbocycles. The minimum Gasteiger partial charge on any atom is -0.296 e. The van der Waals surface area contributed by atoms with Crippen LogP contribution in [0.15, 0.2) is 34.8 Å². The van der Waals surface area contributed by atoms with Gasteiger partial charge in [-0.15, -0.1) is 15.3 Å². The normalized spacial score (nSPS) is 10.7. The Bertz CT molecular complexity index is 811. The van der Waals surface area contributed by atoms with Crippen LogP contribution in [0.3, 0.4) is 0 Å². The third kappa shape index (κ3) is 3.57. The second-order valence-electron chi connectivity index (χ2n) is 4.59. The molecule has 2 aromatic heterocycles. The number of aryl methyl sites for hydroxylation is 1. The number of nitrogens with one attached hydrogen (secondary N) is 1. The highest BCUT2D eigenvalue weighted by molar-refractivity contribution is 8.01. The molecule has 0 saturated carbocycles. The molecule has 1 N–H and O–H groups in total. The molecule has 2 heterocycles. The van der Waals surface area contributed by atoms with Crippen LogP contribution in [0.4, 0.5) is 5.13 Å². The first kappa shape index (κ1) is 15.6. The van der Waals surface area contributed by atoms with Gasteiger partial charge in [-0.3, -0.25) is 10.1 Å². The van der Waals surface area contributed by atoms with Crippen LogP contribution >= 0.6 is 23.1 Å². The highest BCUT2D eigenvalue weighted by Crippen LogP contribution is 2.25. The molecule has 0 aliphatic carbocycles. The lowest BCUT2D eigenvalue weighted by molar-refractivity contribution is 0.102. The summed E-state index contributed by atoms with van der Waals surface area (Å²) in [5, 5.41) is 19.1. The number of anilines is 1. The van der Waals surface area contributed by atoms with Gasteiger partial charge in [0.25, 0.3) is 5.91 Å². The van der Waals surface area contributed by atoms with Crippen molar-refractivity contribution in [2.24, 2.45) is 0 Å². The van der Waals surface area contributed by atoms with Gasteiger partial charge in [0.1, 0.15) is 0 Å². The maximum Gasteiger partial charge on any atom is 0.257 e. The molecular formula is C14H14N6OS2. The molecule has 3 aromatic rings. The van der Waals surface area contributed by atoms with E-state index in [4.69, 9.17) is 0 Å². The van der Waals surface area contributed by atoms with E-state index in [1.165, 1.54) is 11.3 Å². The van der Waals surface area contributed by atoms with Crippen LogP contribution in [0.5, 0.6) is 0 Å². The largest absolute Gasteiger partial charge is 0.296 e. The predicted molar refractivity (Wildman–Crippen MR) is 90.4 cm³/mol. The van der Waals surface area contributed by atoms with Crippen LogP contribution in [0, 0.1) is 6.92 Å². The van der Waals surface area contributed by atoms with E-state index in [-0.39, 0.29) is 5.91 Å². The monoisotopic (exact) mass is 346 g/mol. The number of amides is 1. The SMILES string of the molecule is CCSc1nnc(NC(=O)c2ccc(-n3nncc3C)cc2)s1. The lowest BCUT2D eigenvalue weighted by atomic mass is 10.2. The topological polar surface area (TPSA) is 85.6 Å². The third-order valence-corrected chi connectivity index (χ3v) is 4.84. The molecule has 0 atom stereocenters. The minimum atomic E-state index is -0.212. The predicted octanol–water partition coefficient (Wildman–Crippen LogP) is 2.79. The van der Waals surface area contributed by atoms with Crippen molar-refractivity contribution in [1.82, 2.24) is 25.2 Å². The van der Waals surface area contributed by atoms with Crippen LogP contribution in [-0.4, -0.2) is 36.9 Å². The summed E-state index contributed by atoms with van der Waals surface area (Å²) in [7, 11) is 0. The van der Waals surface area contributed by atoms with Gasteiger partial charge in [-0.05, 0) is 36.9 Å². The quantitative estimate of drug-likeness (QED) is 0.565. The van der Waals surface area contributed by atoms with Gasteiger partial charge in [0, 0.05) is 5.56 Å². The Hall–Kier alpha value is -2.26. The molecule has 7 nitrogen and oxygen atoms in total. The van der Waals surface area contributed by atoms with Crippen molar-refractivity contribution in [1.29, 1.82) is 0 Å². The van der Waals surface area contributed by atoms with E-state index >= 15 is 0 Å². The van der Waals surface area contributed by atoms with Crippen molar-refractivity contribution >= 4 is 34.1 Å². The Labute approximate surface area is 141 Å². The standard InChI is InChI=1S/C14H14N6OS2/c1-3-22-14-18-17-13(23-14)16-12(21)10-4-6-11(7-5-10)20-9(2)8-15-19-20/h4-8H,3H2,1-2H3,(H,16,17,21). The van der Waals surface area contributed by atoms with Gasteiger partial charge < -0.3 is 0 Å². The van der Waals surface area contributed by atoms with Crippen LogP contribution in [0.1, 0.15) is 23.0 Å². The summed E-state index contributed by atoms with van der Waals surface area (Å²) >= 11 is 2.97. The smallest absolute Gasteiger partial charge is 0.257 e. The molecule has 23 heavy (non-hydrogen) atoms. The Kier molecular flexibility index (Phi) is 4.68. The number of rotatable bonds is 5. The van der Waals surface area contributed by atoms with Gasteiger partial charge >= 0.3 is 0 Å². The molecule has 0 aliphatic rings. The third-order valence-electron chi connectivity index (χ3n) is 2.99. The van der Waals surface area contributed by atoms with Gasteiger partial charge in [0.2, 0.25) is 5.13 Å². The summed E-state index contributed by atoms with van der Waals surface area (Å²) in [6.45, 7) is 3.96. The van der Waals surface area contributed by atoms with E-state index in [1.54, 1.807) is 34.8 Å². The number of carbonyl (C=O) groups excluding carboxylic acids is 1. The summed E-state index contributed by atoms with van der Waals surface area (Å²) in [6.07, 6.45) is 1.68. The molecular weight excluding hydrogens is 332 g/mol. The van der Waals surface area contributed by atoms with E-state index in [0.717, 1.165) is 21.5 Å². The number of thioether (sulfide) groups is 1. The van der Waals surface area contributed by atoms with Gasteiger partial charge in [-0.25, -0.2) is 4.68 Å². The van der Waals surface area contributed by atoms with Crippen molar-refractivity contribution in [2.75, 3.05) is 11.1 Å². The summed E-state index contributed by atoms with van der Waals surface area (Å²) in [6, 6.07) is 7.15. The molecule has 9 heteroatoms. The van der Waals surface area contributed by atoms with Crippen molar-refractivity contribution in [2.45, 2.75) is 18.2 Å². The van der Waals surface area contributed by atoms with Crippen LogP contribution in [-0.2, 0) is 0 Å². The average Bonchev–Trinajstić information content (AvgIpc) is 3.17. The van der Waals surface area contributed by atoms with Gasteiger partial charge in [0.05, 0.1) is 17.6 Å². The Balaban J connectivity index is 1.71. The van der Waals surface area contributed by atoms with E-state index in [0.29, 0.717) is 10.7 Å². The second kappa shape index (κ2) is 6.88. The molecule has 118 valence electrons. The first-order chi connectivity index (χ1) is 11.2. The summed E-state index contributed by atoms with van der Waals surface area (Å²) in [5.41, 5.74) is 2.33. The Morgan fingerprint density at radius 3 is 2.74 bits per heavy atom. The zero-order chi connectivity index (χ0) is 16.2. The number of hydrogen-bond acceptors (Lipinski definition) is 7.